The van der Waals surface area contributed by atoms with Gasteiger partial charge in [-0.1, -0.05) is 0 Å². The van der Waals surface area contributed by atoms with Gasteiger partial charge in [-0.3, -0.25) is 4.98 Å². The number of benzene rings is 1. The van der Waals surface area contributed by atoms with Gasteiger partial charge in [0.25, 0.3) is 0 Å². The minimum Gasteiger partial charge on any atom is -0.478 e. The van der Waals surface area contributed by atoms with Crippen LogP contribution in [0.4, 0.5) is 11.4 Å². The van der Waals surface area contributed by atoms with Crippen molar-refractivity contribution in [3.05, 3.63) is 52.3 Å². The minimum absolute atomic E-state index is 0.249. The first kappa shape index (κ1) is 12.6. The maximum absolute atomic E-state index is 10.8. The van der Waals surface area contributed by atoms with Crippen LogP contribution in [0.15, 0.2) is 41.1 Å². The standard InChI is InChI=1S/C13H11BrN2O2/c1-8-7-15-5-4-11(8)16-12-3-2-9(13(17)18)6-10(12)14/h2-7H,1H3,(H,15,16)(H,17,18). The molecular weight excluding hydrogens is 296 g/mol. The summed E-state index contributed by atoms with van der Waals surface area (Å²) in [6, 6.07) is 6.73. The van der Waals surface area contributed by atoms with Crippen molar-refractivity contribution >= 4 is 33.3 Å². The van der Waals surface area contributed by atoms with Gasteiger partial charge in [-0.2, -0.15) is 0 Å². The van der Waals surface area contributed by atoms with E-state index in [0.29, 0.717) is 4.47 Å². The molecule has 1 aromatic carbocycles. The van der Waals surface area contributed by atoms with E-state index in [1.54, 1.807) is 30.6 Å². The Morgan fingerprint density at radius 2 is 2.11 bits per heavy atom. The van der Waals surface area contributed by atoms with Crippen LogP contribution in [0.5, 0.6) is 0 Å². The van der Waals surface area contributed by atoms with Crippen LogP contribution in [0.3, 0.4) is 0 Å². The SMILES string of the molecule is Cc1cnccc1Nc1ccc(C(=O)O)cc1Br. The number of aromatic carboxylic acids is 1. The van der Waals surface area contributed by atoms with E-state index in [2.05, 4.69) is 26.2 Å². The summed E-state index contributed by atoms with van der Waals surface area (Å²) in [5.41, 5.74) is 3.02. The molecule has 18 heavy (non-hydrogen) atoms. The molecule has 0 fully saturated rings. The molecule has 1 heterocycles. The van der Waals surface area contributed by atoms with Gasteiger partial charge >= 0.3 is 5.97 Å². The molecule has 0 aliphatic heterocycles. The number of carboxylic acids is 1. The molecule has 1 aromatic heterocycles. The van der Waals surface area contributed by atoms with Crippen molar-refractivity contribution in [3.8, 4) is 0 Å². The molecule has 0 atom stereocenters. The van der Waals surface area contributed by atoms with Crippen molar-refractivity contribution in [3.63, 3.8) is 0 Å². The quantitative estimate of drug-likeness (QED) is 0.909. The third-order valence-electron chi connectivity index (χ3n) is 2.51. The highest BCUT2D eigenvalue weighted by Crippen LogP contribution is 2.28. The second kappa shape index (κ2) is 5.18. The summed E-state index contributed by atoms with van der Waals surface area (Å²) in [7, 11) is 0. The molecule has 0 unspecified atom stereocenters. The molecule has 2 aromatic rings. The normalized spacial score (nSPS) is 10.1. The minimum atomic E-state index is -0.942. The van der Waals surface area contributed by atoms with Crippen LogP contribution in [-0.2, 0) is 0 Å². The predicted octanol–water partition coefficient (Wildman–Crippen LogP) is 3.59. The summed E-state index contributed by atoms with van der Waals surface area (Å²) in [5, 5.41) is 12.1. The highest BCUT2D eigenvalue weighted by atomic mass is 79.9. The van der Waals surface area contributed by atoms with Crippen LogP contribution in [0.2, 0.25) is 0 Å². The molecule has 5 heteroatoms. The number of hydrogen-bond donors (Lipinski definition) is 2. The lowest BCUT2D eigenvalue weighted by Gasteiger charge is -2.11. The first-order chi connectivity index (χ1) is 8.58. The largest absolute Gasteiger partial charge is 0.478 e. The Hall–Kier alpha value is -1.88. The topological polar surface area (TPSA) is 62.2 Å². The van der Waals surface area contributed by atoms with E-state index in [1.807, 2.05) is 13.0 Å². The predicted molar refractivity (Wildman–Crippen MR) is 73.4 cm³/mol. The lowest BCUT2D eigenvalue weighted by molar-refractivity contribution is 0.0697. The van der Waals surface area contributed by atoms with E-state index in [1.165, 1.54) is 0 Å². The average molecular weight is 307 g/mol. The number of aryl methyl sites for hydroxylation is 1. The molecule has 0 amide bonds. The first-order valence-electron chi connectivity index (χ1n) is 5.28. The van der Waals surface area contributed by atoms with Crippen molar-refractivity contribution in [2.75, 3.05) is 5.32 Å². The molecule has 92 valence electrons. The van der Waals surface area contributed by atoms with Gasteiger partial charge in [0, 0.05) is 22.6 Å². The van der Waals surface area contributed by atoms with Crippen molar-refractivity contribution < 1.29 is 9.90 Å². The van der Waals surface area contributed by atoms with Gasteiger partial charge in [0.15, 0.2) is 0 Å². The van der Waals surface area contributed by atoms with E-state index in [-0.39, 0.29) is 5.56 Å². The number of aromatic nitrogens is 1. The van der Waals surface area contributed by atoms with Gasteiger partial charge in [0.05, 0.1) is 11.3 Å². The van der Waals surface area contributed by atoms with Crippen molar-refractivity contribution in [1.82, 2.24) is 4.98 Å². The van der Waals surface area contributed by atoms with Crippen LogP contribution in [0.1, 0.15) is 15.9 Å². The monoisotopic (exact) mass is 306 g/mol. The molecule has 0 radical (unpaired) electrons. The van der Waals surface area contributed by atoms with E-state index >= 15 is 0 Å². The Balaban J connectivity index is 2.30. The number of carboxylic acid groups (broad SMARTS) is 1. The van der Waals surface area contributed by atoms with Crippen molar-refractivity contribution in [1.29, 1.82) is 0 Å². The number of anilines is 2. The number of halogens is 1. The summed E-state index contributed by atoms with van der Waals surface area (Å²) in [6.07, 6.45) is 3.47. The number of hydrogen-bond acceptors (Lipinski definition) is 3. The fourth-order valence-corrected chi connectivity index (χ4v) is 1.99. The highest BCUT2D eigenvalue weighted by molar-refractivity contribution is 9.10. The molecule has 0 saturated heterocycles. The van der Waals surface area contributed by atoms with Gasteiger partial charge in [-0.05, 0) is 52.7 Å². The van der Waals surface area contributed by atoms with Crippen molar-refractivity contribution in [2.24, 2.45) is 0 Å². The summed E-state index contributed by atoms with van der Waals surface area (Å²) >= 11 is 3.36. The number of rotatable bonds is 3. The Morgan fingerprint density at radius 1 is 1.33 bits per heavy atom. The van der Waals surface area contributed by atoms with Gasteiger partial charge in [-0.25, -0.2) is 4.79 Å². The Morgan fingerprint density at radius 3 is 2.72 bits per heavy atom. The van der Waals surface area contributed by atoms with Crippen LogP contribution < -0.4 is 5.32 Å². The van der Waals surface area contributed by atoms with Crippen LogP contribution in [-0.4, -0.2) is 16.1 Å². The molecule has 0 aliphatic carbocycles. The van der Waals surface area contributed by atoms with Crippen LogP contribution in [0, 0.1) is 6.92 Å². The molecule has 0 spiro atoms. The Bertz CT molecular complexity index is 599. The number of nitrogens with zero attached hydrogens (tertiary/aromatic N) is 1. The third kappa shape index (κ3) is 2.68. The second-order valence-corrected chi connectivity index (χ2v) is 4.67. The van der Waals surface area contributed by atoms with Crippen molar-refractivity contribution in [2.45, 2.75) is 6.92 Å². The van der Waals surface area contributed by atoms with Gasteiger partial charge < -0.3 is 10.4 Å². The molecule has 0 aliphatic rings. The molecule has 4 nitrogen and oxygen atoms in total. The van der Waals surface area contributed by atoms with Gasteiger partial charge in [0.1, 0.15) is 0 Å². The molecule has 0 saturated carbocycles. The van der Waals surface area contributed by atoms with Gasteiger partial charge in [0.2, 0.25) is 0 Å². The van der Waals surface area contributed by atoms with Crippen LogP contribution >= 0.6 is 15.9 Å². The number of carbonyl (C=O) groups is 1. The molecule has 2 rings (SSSR count). The summed E-state index contributed by atoms with van der Waals surface area (Å²) < 4.78 is 0.707. The molecular formula is C13H11BrN2O2. The zero-order valence-electron chi connectivity index (χ0n) is 9.64. The lowest BCUT2D eigenvalue weighted by Crippen LogP contribution is -1.99. The van der Waals surface area contributed by atoms with E-state index in [4.69, 9.17) is 5.11 Å². The fourth-order valence-electron chi connectivity index (χ4n) is 1.51. The highest BCUT2D eigenvalue weighted by Gasteiger charge is 2.07. The van der Waals surface area contributed by atoms with E-state index in [0.717, 1.165) is 16.9 Å². The fraction of sp³-hybridized carbons (Fsp3) is 0.0769. The number of nitrogens with one attached hydrogen (secondary N) is 1. The lowest BCUT2D eigenvalue weighted by atomic mass is 10.2. The number of pyridine rings is 1. The van der Waals surface area contributed by atoms with Gasteiger partial charge in [-0.15, -0.1) is 0 Å². The second-order valence-electron chi connectivity index (χ2n) is 3.82. The maximum atomic E-state index is 10.8. The summed E-state index contributed by atoms with van der Waals surface area (Å²) in [5.74, 6) is -0.942. The zero-order valence-corrected chi connectivity index (χ0v) is 11.2. The first-order valence-corrected chi connectivity index (χ1v) is 6.07. The maximum Gasteiger partial charge on any atom is 0.335 e. The van der Waals surface area contributed by atoms with E-state index < -0.39 is 5.97 Å². The molecule has 0 bridgehead atoms. The summed E-state index contributed by atoms with van der Waals surface area (Å²) in [6.45, 7) is 1.95. The third-order valence-corrected chi connectivity index (χ3v) is 3.16. The Kier molecular flexibility index (Phi) is 3.62. The smallest absolute Gasteiger partial charge is 0.335 e. The Labute approximate surface area is 113 Å². The zero-order chi connectivity index (χ0) is 13.1. The summed E-state index contributed by atoms with van der Waals surface area (Å²) in [4.78, 5) is 14.8. The van der Waals surface area contributed by atoms with E-state index in [9.17, 15) is 4.79 Å². The van der Waals surface area contributed by atoms with Crippen LogP contribution in [0.25, 0.3) is 0 Å². The molecule has 2 N–H and O–H groups in total. The average Bonchev–Trinajstić information content (AvgIpc) is 2.34.